The van der Waals surface area contributed by atoms with Crippen molar-refractivity contribution in [1.29, 1.82) is 0 Å². The minimum absolute atomic E-state index is 0.0661. The molecular weight excluding hydrogens is 286 g/mol. The summed E-state index contributed by atoms with van der Waals surface area (Å²) in [6.45, 7) is -2.55. The van der Waals surface area contributed by atoms with Crippen LogP contribution in [0.3, 0.4) is 0 Å². The predicted molar refractivity (Wildman–Crippen MR) is 70.6 cm³/mol. The summed E-state index contributed by atoms with van der Waals surface area (Å²) < 4.78 is 39.2. The minimum atomic E-state index is -3.00. The lowest BCUT2D eigenvalue weighted by atomic mass is 9.99. The molecule has 0 saturated carbocycles. The van der Waals surface area contributed by atoms with Gasteiger partial charge in [0.05, 0.1) is 19.4 Å². The summed E-state index contributed by atoms with van der Waals surface area (Å²) in [5.41, 5.74) is 4.81. The van der Waals surface area contributed by atoms with Crippen LogP contribution in [-0.4, -0.2) is 38.4 Å². The first-order chi connectivity index (χ1) is 9.94. The van der Waals surface area contributed by atoms with Gasteiger partial charge in [-0.1, -0.05) is 0 Å². The molecule has 1 aromatic carbocycles. The number of methoxy groups -OCH3 is 1. The monoisotopic (exact) mass is 302 g/mol. The zero-order chi connectivity index (χ0) is 15.5. The van der Waals surface area contributed by atoms with E-state index in [0.717, 1.165) is 0 Å². The van der Waals surface area contributed by atoms with E-state index < -0.39 is 18.1 Å². The average Bonchev–Trinajstić information content (AvgIpc) is 2.88. The number of nitrogens with one attached hydrogen (secondary N) is 1. The van der Waals surface area contributed by atoms with Gasteiger partial charge in [-0.15, -0.1) is 0 Å². The summed E-state index contributed by atoms with van der Waals surface area (Å²) >= 11 is 0. The van der Waals surface area contributed by atoms with Crippen LogP contribution in [0.4, 0.5) is 14.5 Å². The van der Waals surface area contributed by atoms with E-state index in [4.69, 9.17) is 15.2 Å². The average molecular weight is 302 g/mol. The minimum Gasteiger partial charge on any atom is -0.497 e. The quantitative estimate of drug-likeness (QED) is 0.858. The van der Waals surface area contributed by atoms with Gasteiger partial charge < -0.3 is 25.3 Å². The number of rotatable bonds is 5. The van der Waals surface area contributed by atoms with Crippen molar-refractivity contribution < 1.29 is 27.8 Å². The Morgan fingerprint density at radius 3 is 2.86 bits per heavy atom. The lowest BCUT2D eigenvalue weighted by molar-refractivity contribution is -0.121. The van der Waals surface area contributed by atoms with Gasteiger partial charge in [-0.05, 0) is 18.6 Å². The SMILES string of the molecule is COc1ccc(OC(F)F)c(NC(=O)C2(N)CCOC2)c1. The third-order valence-corrected chi connectivity index (χ3v) is 3.16. The van der Waals surface area contributed by atoms with E-state index in [1.54, 1.807) is 0 Å². The standard InChI is InChI=1S/C13H16F2N2O4/c1-19-8-2-3-10(21-12(14)15)9(6-8)17-11(18)13(16)4-5-20-7-13/h2-3,6,12H,4-5,7,16H2,1H3,(H,17,18). The zero-order valence-electron chi connectivity index (χ0n) is 11.4. The van der Waals surface area contributed by atoms with Crippen LogP contribution in [-0.2, 0) is 9.53 Å². The number of anilines is 1. The van der Waals surface area contributed by atoms with Crippen molar-refractivity contribution in [2.24, 2.45) is 5.73 Å². The number of hydrogen-bond donors (Lipinski definition) is 2. The van der Waals surface area contributed by atoms with Crippen molar-refractivity contribution in [1.82, 2.24) is 0 Å². The van der Waals surface area contributed by atoms with Crippen LogP contribution >= 0.6 is 0 Å². The van der Waals surface area contributed by atoms with E-state index >= 15 is 0 Å². The molecule has 6 nitrogen and oxygen atoms in total. The summed E-state index contributed by atoms with van der Waals surface area (Å²) in [5, 5.41) is 2.49. The van der Waals surface area contributed by atoms with Crippen LogP contribution in [0.5, 0.6) is 11.5 Å². The lowest BCUT2D eigenvalue weighted by Crippen LogP contribution is -2.51. The van der Waals surface area contributed by atoms with Crippen molar-refractivity contribution in [3.8, 4) is 11.5 Å². The number of amides is 1. The van der Waals surface area contributed by atoms with Gasteiger partial charge in [-0.3, -0.25) is 4.79 Å². The van der Waals surface area contributed by atoms with Crippen molar-refractivity contribution in [3.05, 3.63) is 18.2 Å². The van der Waals surface area contributed by atoms with E-state index in [9.17, 15) is 13.6 Å². The van der Waals surface area contributed by atoms with Crippen LogP contribution < -0.4 is 20.5 Å². The molecule has 1 saturated heterocycles. The number of hydrogen-bond acceptors (Lipinski definition) is 5. The second-order valence-electron chi connectivity index (χ2n) is 4.65. The smallest absolute Gasteiger partial charge is 0.387 e. The Bertz CT molecular complexity index is 519. The Morgan fingerprint density at radius 1 is 1.52 bits per heavy atom. The van der Waals surface area contributed by atoms with Crippen LogP contribution in [0.2, 0.25) is 0 Å². The molecule has 1 aromatic rings. The summed E-state index contributed by atoms with van der Waals surface area (Å²) in [5.74, 6) is -0.297. The maximum Gasteiger partial charge on any atom is 0.387 e. The molecule has 0 bridgehead atoms. The molecule has 3 N–H and O–H groups in total. The van der Waals surface area contributed by atoms with E-state index in [1.165, 1.54) is 25.3 Å². The van der Waals surface area contributed by atoms with Gasteiger partial charge in [-0.25, -0.2) is 0 Å². The van der Waals surface area contributed by atoms with Crippen molar-refractivity contribution in [3.63, 3.8) is 0 Å². The van der Waals surface area contributed by atoms with Gasteiger partial charge in [0.1, 0.15) is 17.0 Å². The van der Waals surface area contributed by atoms with Crippen molar-refractivity contribution in [2.75, 3.05) is 25.6 Å². The molecule has 2 rings (SSSR count). The fraction of sp³-hybridized carbons (Fsp3) is 0.462. The first-order valence-electron chi connectivity index (χ1n) is 6.25. The van der Waals surface area contributed by atoms with Crippen molar-refractivity contribution in [2.45, 2.75) is 18.6 Å². The molecule has 1 fully saturated rings. The highest BCUT2D eigenvalue weighted by molar-refractivity contribution is 5.99. The molecule has 8 heteroatoms. The molecule has 0 aromatic heterocycles. The number of carbonyl (C=O) groups is 1. The molecule has 0 radical (unpaired) electrons. The molecular formula is C13H16F2N2O4. The Balaban J connectivity index is 2.22. The number of nitrogens with two attached hydrogens (primary N) is 1. The molecule has 0 aliphatic carbocycles. The number of benzene rings is 1. The topological polar surface area (TPSA) is 82.8 Å². The highest BCUT2D eigenvalue weighted by atomic mass is 19.3. The normalized spacial score (nSPS) is 21.4. The van der Waals surface area contributed by atoms with Gasteiger partial charge >= 0.3 is 6.61 Å². The Hall–Kier alpha value is -1.93. The zero-order valence-corrected chi connectivity index (χ0v) is 11.4. The fourth-order valence-electron chi connectivity index (χ4n) is 1.94. The highest BCUT2D eigenvalue weighted by Crippen LogP contribution is 2.31. The maximum atomic E-state index is 12.4. The van der Waals surface area contributed by atoms with Crippen LogP contribution in [0, 0.1) is 0 Å². The Kier molecular flexibility index (Phi) is 4.59. The molecule has 116 valence electrons. The molecule has 1 aliphatic heterocycles. The third-order valence-electron chi connectivity index (χ3n) is 3.16. The van der Waals surface area contributed by atoms with Gasteiger partial charge in [-0.2, -0.15) is 8.78 Å². The first-order valence-corrected chi connectivity index (χ1v) is 6.25. The van der Waals surface area contributed by atoms with Gasteiger partial charge in [0.2, 0.25) is 5.91 Å². The number of ether oxygens (including phenoxy) is 3. The molecule has 1 heterocycles. The Morgan fingerprint density at radius 2 is 2.29 bits per heavy atom. The van der Waals surface area contributed by atoms with Crippen LogP contribution in [0.1, 0.15) is 6.42 Å². The summed E-state index contributed by atoms with van der Waals surface area (Å²) in [7, 11) is 1.42. The summed E-state index contributed by atoms with van der Waals surface area (Å²) in [6, 6.07) is 4.12. The number of carbonyl (C=O) groups excluding carboxylic acids is 1. The molecule has 1 atom stereocenters. The van der Waals surface area contributed by atoms with Crippen molar-refractivity contribution >= 4 is 11.6 Å². The first kappa shape index (κ1) is 15.5. The summed E-state index contributed by atoms with van der Waals surface area (Å²) in [4.78, 5) is 12.2. The second kappa shape index (κ2) is 6.23. The highest BCUT2D eigenvalue weighted by Gasteiger charge is 2.38. The fourth-order valence-corrected chi connectivity index (χ4v) is 1.94. The van der Waals surface area contributed by atoms with E-state index in [2.05, 4.69) is 10.1 Å². The largest absolute Gasteiger partial charge is 0.497 e. The van der Waals surface area contributed by atoms with Gasteiger partial charge in [0, 0.05) is 12.7 Å². The molecule has 1 unspecified atom stereocenters. The van der Waals surface area contributed by atoms with Gasteiger partial charge in [0.25, 0.3) is 0 Å². The van der Waals surface area contributed by atoms with Gasteiger partial charge in [0.15, 0.2) is 0 Å². The molecule has 21 heavy (non-hydrogen) atoms. The summed E-state index contributed by atoms with van der Waals surface area (Å²) in [6.07, 6.45) is 0.355. The predicted octanol–water partition coefficient (Wildman–Crippen LogP) is 1.35. The van der Waals surface area contributed by atoms with E-state index in [0.29, 0.717) is 18.8 Å². The number of alkyl halides is 2. The van der Waals surface area contributed by atoms with Crippen LogP contribution in [0.25, 0.3) is 0 Å². The third kappa shape index (κ3) is 3.59. The molecule has 0 spiro atoms. The van der Waals surface area contributed by atoms with E-state index in [-0.39, 0.29) is 18.0 Å². The molecule has 1 amide bonds. The lowest BCUT2D eigenvalue weighted by Gasteiger charge is -2.22. The van der Waals surface area contributed by atoms with E-state index in [1.807, 2.05) is 0 Å². The number of halogens is 2. The van der Waals surface area contributed by atoms with Crippen LogP contribution in [0.15, 0.2) is 18.2 Å². The Labute approximate surface area is 120 Å². The second-order valence-corrected chi connectivity index (χ2v) is 4.65. The maximum absolute atomic E-state index is 12.4. The molecule has 1 aliphatic rings.